The second-order valence-electron chi connectivity index (χ2n) is 4.96. The van der Waals surface area contributed by atoms with Gasteiger partial charge in [0.05, 0.1) is 0 Å². The van der Waals surface area contributed by atoms with E-state index in [2.05, 4.69) is 10.2 Å². The Balaban J connectivity index is 1.85. The monoisotopic (exact) mass is 348 g/mol. The van der Waals surface area contributed by atoms with Gasteiger partial charge in [-0.15, -0.1) is 10.2 Å². The number of halogens is 2. The van der Waals surface area contributed by atoms with Crippen LogP contribution in [0, 0.1) is 5.82 Å². The van der Waals surface area contributed by atoms with Gasteiger partial charge < -0.3 is 5.84 Å². The van der Waals surface area contributed by atoms with Crippen molar-refractivity contribution in [2.24, 2.45) is 0 Å². The number of nitrogen functional groups attached to an aromatic ring is 1. The summed E-state index contributed by atoms with van der Waals surface area (Å²) in [7, 11) is 0. The first-order valence-corrected chi connectivity index (χ1v) is 8.19. The van der Waals surface area contributed by atoms with Crippen LogP contribution in [0.25, 0.3) is 11.4 Å². The summed E-state index contributed by atoms with van der Waals surface area (Å²) in [6.45, 7) is 2.03. The Labute approximate surface area is 142 Å². The van der Waals surface area contributed by atoms with Crippen molar-refractivity contribution in [1.29, 1.82) is 0 Å². The molecule has 23 heavy (non-hydrogen) atoms. The van der Waals surface area contributed by atoms with Crippen LogP contribution in [0.4, 0.5) is 4.39 Å². The number of hydrogen-bond acceptors (Lipinski definition) is 4. The quantitative estimate of drug-likeness (QED) is 0.564. The van der Waals surface area contributed by atoms with Crippen LogP contribution in [-0.2, 0) is 0 Å². The van der Waals surface area contributed by atoms with Crippen molar-refractivity contribution in [1.82, 2.24) is 14.9 Å². The zero-order valence-electron chi connectivity index (χ0n) is 12.3. The van der Waals surface area contributed by atoms with E-state index in [0.29, 0.717) is 21.6 Å². The van der Waals surface area contributed by atoms with Crippen LogP contribution in [0.1, 0.15) is 17.7 Å². The predicted molar refractivity (Wildman–Crippen MR) is 91.3 cm³/mol. The lowest BCUT2D eigenvalue weighted by Gasteiger charge is -2.12. The summed E-state index contributed by atoms with van der Waals surface area (Å²) in [6, 6.07) is 13.6. The summed E-state index contributed by atoms with van der Waals surface area (Å²) < 4.78 is 14.4. The molecule has 0 spiro atoms. The van der Waals surface area contributed by atoms with Crippen LogP contribution < -0.4 is 5.84 Å². The third kappa shape index (κ3) is 3.33. The number of nitrogens with two attached hydrogens (primary N) is 1. The SMILES string of the molecule is C[C@@H](Sc1nnc(-c2ccc(F)cc2)n1N)c1ccccc1Cl. The first-order chi connectivity index (χ1) is 11.1. The van der Waals surface area contributed by atoms with Gasteiger partial charge in [-0.05, 0) is 42.8 Å². The molecule has 0 unspecified atom stereocenters. The fourth-order valence-electron chi connectivity index (χ4n) is 2.18. The molecule has 0 bridgehead atoms. The fourth-order valence-corrected chi connectivity index (χ4v) is 3.48. The predicted octanol–water partition coefficient (Wildman–Crippen LogP) is 4.30. The summed E-state index contributed by atoms with van der Waals surface area (Å²) in [5.41, 5.74) is 1.71. The molecule has 3 rings (SSSR count). The van der Waals surface area contributed by atoms with Crippen molar-refractivity contribution in [2.45, 2.75) is 17.3 Å². The fraction of sp³-hybridized carbons (Fsp3) is 0.125. The molecule has 7 heteroatoms. The minimum atomic E-state index is -0.307. The van der Waals surface area contributed by atoms with E-state index in [0.717, 1.165) is 5.56 Å². The number of hydrogen-bond donors (Lipinski definition) is 1. The first-order valence-electron chi connectivity index (χ1n) is 6.94. The van der Waals surface area contributed by atoms with Crippen LogP contribution in [0.3, 0.4) is 0 Å². The minimum Gasteiger partial charge on any atom is -0.335 e. The van der Waals surface area contributed by atoms with Gasteiger partial charge in [0.25, 0.3) is 0 Å². The van der Waals surface area contributed by atoms with Gasteiger partial charge >= 0.3 is 0 Å². The van der Waals surface area contributed by atoms with E-state index in [4.69, 9.17) is 17.4 Å². The van der Waals surface area contributed by atoms with Crippen LogP contribution in [0.15, 0.2) is 53.7 Å². The molecule has 0 aliphatic heterocycles. The molecule has 2 N–H and O–H groups in total. The summed E-state index contributed by atoms with van der Waals surface area (Å²) in [5, 5.41) is 9.56. The van der Waals surface area contributed by atoms with Gasteiger partial charge in [0.2, 0.25) is 5.16 Å². The summed E-state index contributed by atoms with van der Waals surface area (Å²) in [6.07, 6.45) is 0. The van der Waals surface area contributed by atoms with E-state index >= 15 is 0 Å². The second kappa shape index (κ2) is 6.60. The highest BCUT2D eigenvalue weighted by molar-refractivity contribution is 7.99. The maximum absolute atomic E-state index is 13.0. The average Bonchev–Trinajstić information content (AvgIpc) is 2.89. The molecule has 0 saturated carbocycles. The van der Waals surface area contributed by atoms with Gasteiger partial charge in [-0.3, -0.25) is 0 Å². The number of benzene rings is 2. The van der Waals surface area contributed by atoms with Crippen LogP contribution >= 0.6 is 23.4 Å². The molecular formula is C16H14ClFN4S. The minimum absolute atomic E-state index is 0.0660. The molecule has 1 heterocycles. The molecule has 4 nitrogen and oxygen atoms in total. The van der Waals surface area contributed by atoms with E-state index in [1.54, 1.807) is 12.1 Å². The average molecular weight is 349 g/mol. The molecule has 1 atom stereocenters. The van der Waals surface area contributed by atoms with E-state index in [1.165, 1.54) is 28.6 Å². The van der Waals surface area contributed by atoms with Crippen LogP contribution in [0.5, 0.6) is 0 Å². The third-order valence-electron chi connectivity index (χ3n) is 3.39. The van der Waals surface area contributed by atoms with Gasteiger partial charge in [0, 0.05) is 15.8 Å². The van der Waals surface area contributed by atoms with Gasteiger partial charge in [-0.1, -0.05) is 41.6 Å². The molecule has 0 radical (unpaired) electrons. The highest BCUT2D eigenvalue weighted by Gasteiger charge is 2.17. The number of aromatic nitrogens is 3. The van der Waals surface area contributed by atoms with Gasteiger partial charge in [-0.25, -0.2) is 9.07 Å². The second-order valence-corrected chi connectivity index (χ2v) is 6.68. The van der Waals surface area contributed by atoms with E-state index < -0.39 is 0 Å². The van der Waals surface area contributed by atoms with Gasteiger partial charge in [0.15, 0.2) is 5.82 Å². The Morgan fingerprint density at radius 3 is 2.52 bits per heavy atom. The zero-order chi connectivity index (χ0) is 16.4. The molecule has 0 aliphatic rings. The standard InChI is InChI=1S/C16H14ClFN4S/c1-10(13-4-2-3-5-14(13)17)23-16-21-20-15(22(16)19)11-6-8-12(18)9-7-11/h2-10H,19H2,1H3/t10-/m1/s1. The Kier molecular flexibility index (Phi) is 4.54. The number of rotatable bonds is 4. The molecule has 0 amide bonds. The molecular weight excluding hydrogens is 335 g/mol. The van der Waals surface area contributed by atoms with E-state index in [9.17, 15) is 4.39 Å². The molecule has 3 aromatic rings. The number of thioether (sulfide) groups is 1. The molecule has 2 aromatic carbocycles. The maximum Gasteiger partial charge on any atom is 0.210 e. The highest BCUT2D eigenvalue weighted by Crippen LogP contribution is 2.37. The van der Waals surface area contributed by atoms with Crippen molar-refractivity contribution in [3.8, 4) is 11.4 Å². The third-order valence-corrected chi connectivity index (χ3v) is 4.83. The number of nitrogens with zero attached hydrogens (tertiary/aromatic N) is 3. The van der Waals surface area contributed by atoms with Crippen molar-refractivity contribution in [3.05, 3.63) is 64.9 Å². The lowest BCUT2D eigenvalue weighted by atomic mass is 10.2. The van der Waals surface area contributed by atoms with Crippen molar-refractivity contribution >= 4 is 23.4 Å². The highest BCUT2D eigenvalue weighted by atomic mass is 35.5. The van der Waals surface area contributed by atoms with Crippen molar-refractivity contribution in [3.63, 3.8) is 0 Å². The van der Waals surface area contributed by atoms with Crippen molar-refractivity contribution < 1.29 is 4.39 Å². The normalized spacial score (nSPS) is 12.3. The lowest BCUT2D eigenvalue weighted by Crippen LogP contribution is -2.12. The molecule has 0 aliphatic carbocycles. The van der Waals surface area contributed by atoms with Gasteiger partial charge in [-0.2, -0.15) is 0 Å². The largest absolute Gasteiger partial charge is 0.335 e. The molecule has 0 fully saturated rings. The van der Waals surface area contributed by atoms with Crippen LogP contribution in [-0.4, -0.2) is 14.9 Å². The Bertz CT molecular complexity index is 819. The first kappa shape index (κ1) is 15.8. The smallest absolute Gasteiger partial charge is 0.210 e. The van der Waals surface area contributed by atoms with E-state index in [-0.39, 0.29) is 11.1 Å². The van der Waals surface area contributed by atoms with Crippen molar-refractivity contribution in [2.75, 3.05) is 5.84 Å². The Morgan fingerprint density at radius 1 is 1.13 bits per heavy atom. The summed E-state index contributed by atoms with van der Waals surface area (Å²) in [5.74, 6) is 6.26. The van der Waals surface area contributed by atoms with E-state index in [1.807, 2.05) is 31.2 Å². The molecule has 0 saturated heterocycles. The molecule has 1 aromatic heterocycles. The Hall–Kier alpha value is -2.05. The topological polar surface area (TPSA) is 56.7 Å². The molecule has 118 valence electrons. The lowest BCUT2D eigenvalue weighted by molar-refractivity contribution is 0.628. The van der Waals surface area contributed by atoms with Crippen LogP contribution in [0.2, 0.25) is 5.02 Å². The summed E-state index contributed by atoms with van der Waals surface area (Å²) >= 11 is 7.68. The summed E-state index contributed by atoms with van der Waals surface area (Å²) in [4.78, 5) is 0. The zero-order valence-corrected chi connectivity index (χ0v) is 13.9. The van der Waals surface area contributed by atoms with Gasteiger partial charge in [0.1, 0.15) is 5.82 Å². The Morgan fingerprint density at radius 2 is 1.83 bits per heavy atom. The maximum atomic E-state index is 13.0.